The van der Waals surface area contributed by atoms with E-state index in [4.69, 9.17) is 16.3 Å². The molecule has 0 aliphatic rings. The van der Waals surface area contributed by atoms with Crippen molar-refractivity contribution in [2.75, 3.05) is 12.4 Å². The molecule has 0 spiro atoms. The topological polar surface area (TPSA) is 26.3 Å². The molecule has 0 saturated carbocycles. The minimum atomic E-state index is 0.0387. The van der Waals surface area contributed by atoms with E-state index in [0.717, 1.165) is 10.8 Å². The highest BCUT2D eigenvalue weighted by Crippen LogP contribution is 2.34. The Hall–Kier alpha value is -1.06. The van der Waals surface area contributed by atoms with Gasteiger partial charge in [-0.3, -0.25) is 4.79 Å². The van der Waals surface area contributed by atoms with Crippen LogP contribution in [0.25, 0.3) is 10.8 Å². The van der Waals surface area contributed by atoms with Crippen molar-refractivity contribution in [2.45, 2.75) is 0 Å². The molecule has 0 aromatic heterocycles. The molecule has 2 aromatic carbocycles. The van der Waals surface area contributed by atoms with Crippen LogP contribution in [0.4, 0.5) is 0 Å². The summed E-state index contributed by atoms with van der Waals surface area (Å²) in [5, 5.41) is 2.52. The molecule has 0 aliphatic carbocycles. The fraction of sp³-hybridized carbons (Fsp3) is 0.154. The van der Waals surface area contributed by atoms with Crippen LogP contribution in [-0.2, 0) is 0 Å². The summed E-state index contributed by atoms with van der Waals surface area (Å²) in [4.78, 5) is 11.8. The number of alkyl halides is 1. The van der Waals surface area contributed by atoms with Gasteiger partial charge in [-0.15, -0.1) is 0 Å². The highest BCUT2D eigenvalue weighted by molar-refractivity contribution is 9.09. The molecule has 0 amide bonds. The molecule has 0 heterocycles. The van der Waals surface area contributed by atoms with Crippen LogP contribution in [0.15, 0.2) is 30.3 Å². The second kappa shape index (κ2) is 5.07. The van der Waals surface area contributed by atoms with Gasteiger partial charge in [0.1, 0.15) is 5.75 Å². The summed E-state index contributed by atoms with van der Waals surface area (Å²) in [7, 11) is 1.57. The monoisotopic (exact) mass is 312 g/mol. The summed E-state index contributed by atoms with van der Waals surface area (Å²) >= 11 is 9.39. The van der Waals surface area contributed by atoms with E-state index < -0.39 is 0 Å². The number of Topliss-reactive ketones (excluding diaryl/α,β-unsaturated/α-hetero) is 1. The third-order valence-corrected chi connectivity index (χ3v) is 3.50. The maximum atomic E-state index is 11.8. The van der Waals surface area contributed by atoms with Gasteiger partial charge >= 0.3 is 0 Å². The first-order chi connectivity index (χ1) is 8.19. The van der Waals surface area contributed by atoms with E-state index in [2.05, 4.69) is 15.9 Å². The second-order valence-electron chi connectivity index (χ2n) is 3.54. The van der Waals surface area contributed by atoms with Gasteiger partial charge in [0.15, 0.2) is 5.78 Å². The molecule has 0 unspecified atom stereocenters. The lowest BCUT2D eigenvalue weighted by Crippen LogP contribution is -2.00. The Bertz CT molecular complexity index is 581. The molecular formula is C13H10BrClO2. The van der Waals surface area contributed by atoms with Crippen LogP contribution in [0.1, 0.15) is 10.4 Å². The van der Waals surface area contributed by atoms with E-state index >= 15 is 0 Å². The average Bonchev–Trinajstić information content (AvgIpc) is 2.38. The maximum Gasteiger partial charge on any atom is 0.173 e. The van der Waals surface area contributed by atoms with Crippen LogP contribution in [0.5, 0.6) is 5.75 Å². The maximum absolute atomic E-state index is 11.8. The average molecular weight is 314 g/mol. The predicted molar refractivity (Wildman–Crippen MR) is 73.6 cm³/mol. The normalized spacial score (nSPS) is 10.5. The summed E-state index contributed by atoms with van der Waals surface area (Å²) in [5.74, 6) is 0.652. The Labute approximate surface area is 113 Å². The Kier molecular flexibility index (Phi) is 3.69. The largest absolute Gasteiger partial charge is 0.495 e. The lowest BCUT2D eigenvalue weighted by atomic mass is 10.0. The number of benzene rings is 2. The summed E-state index contributed by atoms with van der Waals surface area (Å²) in [6, 6.07) is 9.13. The number of ether oxygens (including phenoxy) is 1. The third kappa shape index (κ3) is 2.17. The van der Waals surface area contributed by atoms with Gasteiger partial charge in [-0.1, -0.05) is 45.7 Å². The Morgan fingerprint density at radius 2 is 2.06 bits per heavy atom. The molecule has 4 heteroatoms. The van der Waals surface area contributed by atoms with E-state index in [-0.39, 0.29) is 5.78 Å². The van der Waals surface area contributed by atoms with Gasteiger partial charge in [-0.05, 0) is 17.5 Å². The molecule has 0 aliphatic heterocycles. The molecular weight excluding hydrogens is 303 g/mol. The molecule has 0 bridgehead atoms. The molecule has 88 valence electrons. The fourth-order valence-corrected chi connectivity index (χ4v) is 2.38. The molecule has 2 rings (SSSR count). The Morgan fingerprint density at radius 3 is 2.71 bits per heavy atom. The highest BCUT2D eigenvalue weighted by Gasteiger charge is 2.12. The van der Waals surface area contributed by atoms with Gasteiger partial charge in [0.25, 0.3) is 0 Å². The summed E-state index contributed by atoms with van der Waals surface area (Å²) < 4.78 is 5.15. The van der Waals surface area contributed by atoms with Crippen LogP contribution in [0, 0.1) is 0 Å². The zero-order valence-electron chi connectivity index (χ0n) is 9.17. The highest BCUT2D eigenvalue weighted by atomic mass is 79.9. The van der Waals surface area contributed by atoms with Gasteiger partial charge in [0, 0.05) is 10.9 Å². The van der Waals surface area contributed by atoms with E-state index in [1.165, 1.54) is 0 Å². The standard InChI is InChI=1S/C13H10BrClO2/c1-17-12-6-5-8-9(11(16)7-14)3-2-4-10(8)13(12)15/h2-6H,7H2,1H3. The molecule has 0 saturated heterocycles. The van der Waals surface area contributed by atoms with Crippen molar-refractivity contribution in [1.29, 1.82) is 0 Å². The molecule has 0 atom stereocenters. The van der Waals surface area contributed by atoms with Crippen LogP contribution in [0.3, 0.4) is 0 Å². The lowest BCUT2D eigenvalue weighted by Gasteiger charge is -2.09. The van der Waals surface area contributed by atoms with Gasteiger partial charge in [0.05, 0.1) is 17.5 Å². The number of hydrogen-bond acceptors (Lipinski definition) is 2. The molecule has 0 fully saturated rings. The number of ketones is 1. The SMILES string of the molecule is COc1ccc2c(C(=O)CBr)cccc2c1Cl. The molecule has 2 aromatic rings. The third-order valence-electron chi connectivity index (χ3n) is 2.60. The first-order valence-corrected chi connectivity index (χ1v) is 6.53. The van der Waals surface area contributed by atoms with Crippen molar-refractivity contribution < 1.29 is 9.53 Å². The second-order valence-corrected chi connectivity index (χ2v) is 4.48. The Morgan fingerprint density at radius 1 is 1.29 bits per heavy atom. The summed E-state index contributed by atoms with van der Waals surface area (Å²) in [5.41, 5.74) is 0.670. The van der Waals surface area contributed by atoms with Crippen molar-refractivity contribution in [1.82, 2.24) is 0 Å². The summed E-state index contributed by atoms with van der Waals surface area (Å²) in [6.07, 6.45) is 0. The number of carbonyl (C=O) groups excluding carboxylic acids is 1. The quantitative estimate of drug-likeness (QED) is 0.630. The molecule has 0 N–H and O–H groups in total. The molecule has 17 heavy (non-hydrogen) atoms. The number of hydrogen-bond donors (Lipinski definition) is 0. The van der Waals surface area contributed by atoms with Crippen molar-refractivity contribution in [3.63, 3.8) is 0 Å². The number of methoxy groups -OCH3 is 1. The van der Waals surface area contributed by atoms with Crippen molar-refractivity contribution in [3.05, 3.63) is 40.9 Å². The van der Waals surface area contributed by atoms with Gasteiger partial charge in [0.2, 0.25) is 0 Å². The van der Waals surface area contributed by atoms with Crippen molar-refractivity contribution in [3.8, 4) is 5.75 Å². The van der Waals surface area contributed by atoms with Crippen LogP contribution in [0.2, 0.25) is 5.02 Å². The zero-order chi connectivity index (χ0) is 12.4. The van der Waals surface area contributed by atoms with Crippen molar-refractivity contribution in [2.24, 2.45) is 0 Å². The van der Waals surface area contributed by atoms with E-state index in [0.29, 0.717) is 21.7 Å². The zero-order valence-corrected chi connectivity index (χ0v) is 11.5. The predicted octanol–water partition coefficient (Wildman–Crippen LogP) is 4.08. The number of fused-ring (bicyclic) bond motifs is 1. The molecule has 2 nitrogen and oxygen atoms in total. The van der Waals surface area contributed by atoms with Crippen LogP contribution in [-0.4, -0.2) is 18.2 Å². The lowest BCUT2D eigenvalue weighted by molar-refractivity contribution is 0.102. The number of rotatable bonds is 3. The van der Waals surface area contributed by atoms with Crippen molar-refractivity contribution >= 4 is 44.1 Å². The first-order valence-electron chi connectivity index (χ1n) is 5.03. The van der Waals surface area contributed by atoms with Crippen LogP contribution < -0.4 is 4.74 Å². The van der Waals surface area contributed by atoms with Gasteiger partial charge in [-0.2, -0.15) is 0 Å². The van der Waals surface area contributed by atoms with E-state index in [9.17, 15) is 4.79 Å². The fourth-order valence-electron chi connectivity index (χ4n) is 1.77. The Balaban J connectivity index is 2.75. The number of halogens is 2. The smallest absolute Gasteiger partial charge is 0.173 e. The van der Waals surface area contributed by atoms with Crippen LogP contribution >= 0.6 is 27.5 Å². The minimum Gasteiger partial charge on any atom is -0.495 e. The molecule has 0 radical (unpaired) electrons. The minimum absolute atomic E-state index is 0.0387. The van der Waals surface area contributed by atoms with E-state index in [1.807, 2.05) is 18.2 Å². The van der Waals surface area contributed by atoms with E-state index in [1.54, 1.807) is 19.2 Å². The summed E-state index contributed by atoms with van der Waals surface area (Å²) in [6.45, 7) is 0. The van der Waals surface area contributed by atoms with Gasteiger partial charge < -0.3 is 4.74 Å². The first kappa shape index (κ1) is 12.4. The van der Waals surface area contributed by atoms with Gasteiger partial charge in [-0.25, -0.2) is 0 Å². The number of carbonyl (C=O) groups is 1.